The molecule has 0 aliphatic carbocycles. The number of hydrogen-bond donors (Lipinski definition) is 4. The summed E-state index contributed by atoms with van der Waals surface area (Å²) in [6, 6.07) is 0. The number of hydrogen-bond acceptors (Lipinski definition) is 3. The first-order valence-electron chi connectivity index (χ1n) is 5.85. The summed E-state index contributed by atoms with van der Waals surface area (Å²) < 4.78 is 28.2. The lowest BCUT2D eigenvalue weighted by atomic mass is 10.3. The summed E-state index contributed by atoms with van der Waals surface area (Å²) in [5.74, 6) is 0. The normalized spacial score (nSPS) is 13.0. The second kappa shape index (κ2) is 7.14. The molecule has 0 aliphatic rings. The predicted octanol–water partition coefficient (Wildman–Crippen LogP) is 2.33. The summed E-state index contributed by atoms with van der Waals surface area (Å²) in [5, 5.41) is -2.84. The summed E-state index contributed by atoms with van der Waals surface area (Å²) in [5.41, 5.74) is 1.47. The van der Waals surface area contributed by atoms with E-state index in [1.807, 2.05) is 0 Å². The zero-order valence-corrected chi connectivity index (χ0v) is 13.8. The molecule has 0 saturated carbocycles. The highest BCUT2D eigenvalue weighted by atomic mass is 31.2. The maximum Gasteiger partial charge on any atom is 0.370 e. The van der Waals surface area contributed by atoms with Crippen molar-refractivity contribution >= 4 is 15.2 Å². The molecule has 4 N–H and O–H groups in total. The van der Waals surface area contributed by atoms with Gasteiger partial charge in [0.15, 0.2) is 0 Å². The second-order valence-electron chi connectivity index (χ2n) is 4.91. The molecule has 0 rings (SSSR count). The third-order valence-corrected chi connectivity index (χ3v) is 6.50. The molecule has 0 radical (unpaired) electrons. The molecule has 118 valence electrons. The van der Waals surface area contributed by atoms with Gasteiger partial charge in [-0.25, -0.2) is 0 Å². The van der Waals surface area contributed by atoms with Gasteiger partial charge >= 0.3 is 15.2 Å². The Morgan fingerprint density at radius 1 is 0.950 bits per heavy atom. The maximum atomic E-state index is 11.6. The minimum atomic E-state index is -5.20. The molecule has 20 heavy (non-hydrogen) atoms. The monoisotopic (exact) mass is 328 g/mol. The van der Waals surface area contributed by atoms with E-state index < -0.39 is 26.7 Å². The molecule has 0 unspecified atom stereocenters. The van der Waals surface area contributed by atoms with E-state index in [9.17, 15) is 28.7 Å². The quantitative estimate of drug-likeness (QED) is 0.417. The van der Waals surface area contributed by atoms with Crippen LogP contribution in [0, 0.1) is 0 Å². The van der Waals surface area contributed by atoms with E-state index in [-0.39, 0.29) is 6.61 Å². The van der Waals surface area contributed by atoms with Crippen LogP contribution in [0.15, 0.2) is 23.3 Å². The largest absolute Gasteiger partial charge is 0.370 e. The fourth-order valence-electron chi connectivity index (χ4n) is 1.31. The summed E-state index contributed by atoms with van der Waals surface area (Å²) in [6.07, 6.45) is 2.25. The van der Waals surface area contributed by atoms with Crippen LogP contribution in [0.2, 0.25) is 0 Å². The number of rotatable bonds is 7. The molecule has 0 amide bonds. The summed E-state index contributed by atoms with van der Waals surface area (Å²) in [4.78, 5) is 37.5. The Labute approximate surface area is 118 Å². The first kappa shape index (κ1) is 19.7. The average molecular weight is 328 g/mol. The molecule has 0 aromatic rings. The van der Waals surface area contributed by atoms with E-state index >= 15 is 0 Å². The first-order valence-corrected chi connectivity index (χ1v) is 9.08. The average Bonchev–Trinajstić information content (AvgIpc) is 2.18. The zero-order valence-electron chi connectivity index (χ0n) is 12.0. The second-order valence-corrected chi connectivity index (χ2v) is 8.88. The maximum absolute atomic E-state index is 11.6. The number of ether oxygens (including phenoxy) is 1. The van der Waals surface area contributed by atoms with Gasteiger partial charge in [-0.2, -0.15) is 0 Å². The number of allylic oxidation sites excluding steroid dienone is 2. The van der Waals surface area contributed by atoms with Crippen molar-refractivity contribution in [1.82, 2.24) is 0 Å². The zero-order chi connectivity index (χ0) is 16.2. The Hall–Kier alpha value is -0.260. The van der Waals surface area contributed by atoms with E-state index in [1.165, 1.54) is 12.2 Å². The van der Waals surface area contributed by atoms with Gasteiger partial charge in [0.1, 0.15) is 0 Å². The molecule has 9 heteroatoms. The molecule has 0 bridgehead atoms. The van der Waals surface area contributed by atoms with Crippen LogP contribution in [0.4, 0.5) is 0 Å². The molecule has 0 aromatic carbocycles. The van der Waals surface area contributed by atoms with Gasteiger partial charge in [0.05, 0.1) is 6.61 Å². The van der Waals surface area contributed by atoms with Gasteiger partial charge in [0, 0.05) is 6.42 Å². The van der Waals surface area contributed by atoms with Gasteiger partial charge in [0.2, 0.25) is 0 Å². The first-order chi connectivity index (χ1) is 8.83. The Balaban J connectivity index is 5.71. The van der Waals surface area contributed by atoms with Crippen molar-refractivity contribution in [3.63, 3.8) is 0 Å². The van der Waals surface area contributed by atoms with Gasteiger partial charge in [0.25, 0.3) is 5.08 Å². The van der Waals surface area contributed by atoms with Crippen LogP contribution in [0.25, 0.3) is 0 Å². The molecule has 0 heterocycles. The van der Waals surface area contributed by atoms with Crippen LogP contribution in [-0.2, 0) is 13.9 Å². The van der Waals surface area contributed by atoms with Crippen LogP contribution in [0.5, 0.6) is 0 Å². The van der Waals surface area contributed by atoms with E-state index in [4.69, 9.17) is 4.74 Å². The van der Waals surface area contributed by atoms with Crippen molar-refractivity contribution in [1.29, 1.82) is 0 Å². The van der Waals surface area contributed by atoms with Gasteiger partial charge in [-0.1, -0.05) is 23.3 Å². The van der Waals surface area contributed by atoms with Crippen LogP contribution in [-0.4, -0.2) is 31.3 Å². The fraction of sp³-hybridized carbons (Fsp3) is 0.636. The van der Waals surface area contributed by atoms with Crippen molar-refractivity contribution in [3.8, 4) is 0 Å². The standard InChI is InChI=1S/C11H22O7P2/c1-9(2)5-7-11(19(12,13)14,20(15,16)17)18-8-6-10(3)4/h5-6H,7-8H2,1-4H3,(H2,12,13,14)(H2,15,16,17). The molecule has 0 saturated heterocycles. The summed E-state index contributed by atoms with van der Waals surface area (Å²) in [6.45, 7) is 6.47. The van der Waals surface area contributed by atoms with Crippen LogP contribution >= 0.6 is 15.2 Å². The van der Waals surface area contributed by atoms with Crippen LogP contribution in [0.1, 0.15) is 34.1 Å². The Morgan fingerprint density at radius 3 is 1.65 bits per heavy atom. The van der Waals surface area contributed by atoms with Crippen LogP contribution < -0.4 is 0 Å². The van der Waals surface area contributed by atoms with Gasteiger partial charge < -0.3 is 24.3 Å². The summed E-state index contributed by atoms with van der Waals surface area (Å²) >= 11 is 0. The lowest BCUT2D eigenvalue weighted by molar-refractivity contribution is 0.0558. The lowest BCUT2D eigenvalue weighted by Crippen LogP contribution is -2.32. The molecule has 0 aromatic heterocycles. The smallest absolute Gasteiger partial charge is 0.347 e. The molecule has 0 aliphatic heterocycles. The highest BCUT2D eigenvalue weighted by Gasteiger charge is 2.61. The molecule has 7 nitrogen and oxygen atoms in total. The highest BCUT2D eigenvalue weighted by Crippen LogP contribution is 2.71. The Bertz CT molecular complexity index is 453. The van der Waals surface area contributed by atoms with Crippen molar-refractivity contribution in [2.75, 3.05) is 6.61 Å². The summed E-state index contributed by atoms with van der Waals surface area (Å²) in [7, 11) is -10.4. The van der Waals surface area contributed by atoms with E-state index in [0.717, 1.165) is 5.57 Å². The SMILES string of the molecule is CC(C)=CCOC(CC=C(C)C)(P(=O)(O)O)P(=O)(O)O. The fourth-order valence-corrected chi connectivity index (χ4v) is 3.81. The van der Waals surface area contributed by atoms with Gasteiger partial charge in [-0.15, -0.1) is 0 Å². The molecule has 0 atom stereocenters. The van der Waals surface area contributed by atoms with E-state index in [1.54, 1.807) is 27.7 Å². The van der Waals surface area contributed by atoms with E-state index in [2.05, 4.69) is 0 Å². The van der Waals surface area contributed by atoms with Gasteiger partial charge in [-0.3, -0.25) is 9.13 Å². The highest BCUT2D eigenvalue weighted by molar-refractivity contribution is 7.72. The molecule has 0 fully saturated rings. The topological polar surface area (TPSA) is 124 Å². The third-order valence-electron chi connectivity index (χ3n) is 2.49. The van der Waals surface area contributed by atoms with Crippen molar-refractivity contribution in [2.24, 2.45) is 0 Å². The molecular formula is C11H22O7P2. The predicted molar refractivity (Wildman–Crippen MR) is 76.3 cm³/mol. The van der Waals surface area contributed by atoms with Crippen molar-refractivity contribution < 1.29 is 33.4 Å². The Kier molecular flexibility index (Phi) is 7.05. The van der Waals surface area contributed by atoms with Crippen molar-refractivity contribution in [2.45, 2.75) is 39.2 Å². The minimum Gasteiger partial charge on any atom is -0.347 e. The Morgan fingerprint density at radius 2 is 1.35 bits per heavy atom. The van der Waals surface area contributed by atoms with Gasteiger partial charge in [-0.05, 0) is 27.7 Å². The molecule has 0 spiro atoms. The lowest BCUT2D eigenvalue weighted by Gasteiger charge is -2.33. The van der Waals surface area contributed by atoms with E-state index in [0.29, 0.717) is 5.57 Å². The van der Waals surface area contributed by atoms with Crippen molar-refractivity contribution in [3.05, 3.63) is 23.3 Å². The molecular weight excluding hydrogens is 306 g/mol. The third kappa shape index (κ3) is 5.26. The minimum absolute atomic E-state index is 0.296. The van der Waals surface area contributed by atoms with Crippen LogP contribution in [0.3, 0.4) is 0 Å².